The van der Waals surface area contributed by atoms with Crippen molar-refractivity contribution in [3.63, 3.8) is 0 Å². The topological polar surface area (TPSA) is 95.5 Å². The van der Waals surface area contributed by atoms with Gasteiger partial charge in [-0.05, 0) is 33.1 Å². The van der Waals surface area contributed by atoms with Crippen LogP contribution in [0.5, 0.6) is 0 Å². The zero-order chi connectivity index (χ0) is 14.6. The number of aliphatic carboxylic acids is 1. The van der Waals surface area contributed by atoms with Gasteiger partial charge in [-0.15, -0.1) is 0 Å². The number of nitrogens with one attached hydrogen (secondary N) is 2. The molecule has 1 aliphatic rings. The predicted molar refractivity (Wildman–Crippen MR) is 69.5 cm³/mol. The molecule has 3 N–H and O–H groups in total. The molecule has 6 nitrogen and oxygen atoms in total. The van der Waals surface area contributed by atoms with Gasteiger partial charge in [0.1, 0.15) is 0 Å². The zero-order valence-corrected chi connectivity index (χ0v) is 11.4. The van der Waals surface area contributed by atoms with Crippen molar-refractivity contribution in [2.75, 3.05) is 0 Å². The Morgan fingerprint density at radius 2 is 1.79 bits per heavy atom. The van der Waals surface area contributed by atoms with E-state index < -0.39 is 17.9 Å². The highest BCUT2D eigenvalue weighted by Gasteiger charge is 2.24. The molecule has 1 fully saturated rings. The summed E-state index contributed by atoms with van der Waals surface area (Å²) in [5.74, 6) is -1.17. The fraction of sp³-hybridized carbons (Fsp3) is 0.615. The molecular weight excluding hydrogens is 248 g/mol. The van der Waals surface area contributed by atoms with Gasteiger partial charge < -0.3 is 10.4 Å². The van der Waals surface area contributed by atoms with E-state index in [1.54, 1.807) is 0 Å². The Labute approximate surface area is 112 Å². The lowest BCUT2D eigenvalue weighted by atomic mass is 10.1. The molecule has 0 aliphatic heterocycles. The molecule has 0 saturated heterocycles. The van der Waals surface area contributed by atoms with Crippen LogP contribution in [0.15, 0.2) is 11.1 Å². The van der Waals surface area contributed by atoms with E-state index in [1.807, 2.05) is 6.92 Å². The van der Waals surface area contributed by atoms with Crippen molar-refractivity contribution >= 4 is 17.9 Å². The van der Waals surface area contributed by atoms with Crippen LogP contribution in [0.25, 0.3) is 0 Å². The highest BCUT2D eigenvalue weighted by atomic mass is 16.4. The third-order valence-electron chi connectivity index (χ3n) is 3.21. The van der Waals surface area contributed by atoms with Gasteiger partial charge in [-0.25, -0.2) is 9.59 Å². The summed E-state index contributed by atoms with van der Waals surface area (Å²) in [6.45, 7) is 4.58. The van der Waals surface area contributed by atoms with E-state index in [0.29, 0.717) is 5.92 Å². The fourth-order valence-corrected chi connectivity index (χ4v) is 1.70. The maximum absolute atomic E-state index is 11.6. The van der Waals surface area contributed by atoms with Crippen molar-refractivity contribution in [3.8, 4) is 0 Å². The molecule has 1 saturated carbocycles. The summed E-state index contributed by atoms with van der Waals surface area (Å²) in [6, 6.07) is -0.583. The van der Waals surface area contributed by atoms with Crippen LogP contribution in [0.1, 0.15) is 40.0 Å². The molecule has 0 bridgehead atoms. The molecule has 0 aromatic carbocycles. The number of amides is 3. The van der Waals surface area contributed by atoms with Gasteiger partial charge in [-0.1, -0.05) is 12.8 Å². The Balaban J connectivity index is 2.44. The minimum atomic E-state index is -1.17. The molecule has 0 heterocycles. The highest BCUT2D eigenvalue weighted by Crippen LogP contribution is 2.33. The largest absolute Gasteiger partial charge is 0.478 e. The maximum Gasteiger partial charge on any atom is 0.331 e. The molecule has 0 aromatic rings. The van der Waals surface area contributed by atoms with Crippen LogP contribution < -0.4 is 10.6 Å². The van der Waals surface area contributed by atoms with E-state index in [1.165, 1.54) is 26.7 Å². The Hall–Kier alpha value is -1.85. The first kappa shape index (κ1) is 15.2. The Morgan fingerprint density at radius 1 is 1.21 bits per heavy atom. The van der Waals surface area contributed by atoms with Crippen molar-refractivity contribution < 1.29 is 19.5 Å². The number of carbonyl (C=O) groups excluding carboxylic acids is 2. The second-order valence-electron chi connectivity index (χ2n) is 5.06. The summed E-state index contributed by atoms with van der Waals surface area (Å²) < 4.78 is 0. The standard InChI is InChI=1S/C13H20N2O4/c1-7(6-10-4-5-10)14-13(19)15-11(16)8(2)9(3)12(17)18/h7,10H,4-6H2,1-3H3,(H,17,18)(H2,14,15,16,19). The van der Waals surface area contributed by atoms with E-state index in [2.05, 4.69) is 10.6 Å². The first-order valence-electron chi connectivity index (χ1n) is 6.33. The van der Waals surface area contributed by atoms with E-state index in [4.69, 9.17) is 5.11 Å². The fourth-order valence-electron chi connectivity index (χ4n) is 1.70. The third kappa shape index (κ3) is 5.11. The van der Waals surface area contributed by atoms with Crippen LogP contribution in [0, 0.1) is 5.92 Å². The van der Waals surface area contributed by atoms with Crippen LogP contribution >= 0.6 is 0 Å². The van der Waals surface area contributed by atoms with Gasteiger partial charge in [0.05, 0.1) is 0 Å². The molecule has 106 valence electrons. The lowest BCUT2D eigenvalue weighted by Gasteiger charge is -2.14. The number of carbonyl (C=O) groups is 3. The van der Waals surface area contributed by atoms with Gasteiger partial charge in [0.25, 0.3) is 5.91 Å². The van der Waals surface area contributed by atoms with Gasteiger partial charge in [0, 0.05) is 17.2 Å². The van der Waals surface area contributed by atoms with E-state index in [9.17, 15) is 14.4 Å². The van der Waals surface area contributed by atoms with E-state index in [0.717, 1.165) is 6.42 Å². The van der Waals surface area contributed by atoms with Crippen LogP contribution in [0.4, 0.5) is 4.79 Å². The summed E-state index contributed by atoms with van der Waals surface area (Å²) in [5.41, 5.74) is -0.0474. The summed E-state index contributed by atoms with van der Waals surface area (Å²) >= 11 is 0. The Morgan fingerprint density at radius 3 is 2.26 bits per heavy atom. The monoisotopic (exact) mass is 268 g/mol. The molecule has 0 spiro atoms. The van der Waals surface area contributed by atoms with Crippen molar-refractivity contribution in [1.82, 2.24) is 10.6 Å². The van der Waals surface area contributed by atoms with Crippen LogP contribution in [0.3, 0.4) is 0 Å². The quantitative estimate of drug-likeness (QED) is 0.657. The number of carboxylic acids is 1. The number of rotatable bonds is 5. The first-order chi connectivity index (χ1) is 8.81. The molecular formula is C13H20N2O4. The van der Waals surface area contributed by atoms with E-state index in [-0.39, 0.29) is 17.2 Å². The smallest absolute Gasteiger partial charge is 0.331 e. The SMILES string of the molecule is CC(C(=O)O)=C(C)C(=O)NC(=O)NC(C)CC1CC1. The molecule has 1 aliphatic carbocycles. The molecule has 19 heavy (non-hydrogen) atoms. The van der Waals surface area contributed by atoms with E-state index >= 15 is 0 Å². The summed E-state index contributed by atoms with van der Waals surface area (Å²) in [5, 5.41) is 13.5. The predicted octanol–water partition coefficient (Wildman–Crippen LogP) is 1.42. The van der Waals surface area contributed by atoms with Crippen molar-refractivity contribution in [2.24, 2.45) is 5.92 Å². The van der Waals surface area contributed by atoms with Gasteiger partial charge in [0.15, 0.2) is 0 Å². The molecule has 0 aromatic heterocycles. The number of imide groups is 1. The number of urea groups is 1. The van der Waals surface area contributed by atoms with Gasteiger partial charge in [0.2, 0.25) is 0 Å². The van der Waals surface area contributed by atoms with Gasteiger partial charge in [-0.2, -0.15) is 0 Å². The number of hydrogen-bond donors (Lipinski definition) is 3. The lowest BCUT2D eigenvalue weighted by Crippen LogP contribution is -2.44. The zero-order valence-electron chi connectivity index (χ0n) is 11.4. The maximum atomic E-state index is 11.6. The Kier molecular flexibility index (Phi) is 5.09. The molecule has 0 radical (unpaired) electrons. The first-order valence-corrected chi connectivity index (χ1v) is 6.33. The summed E-state index contributed by atoms with van der Waals surface area (Å²) in [7, 11) is 0. The average Bonchev–Trinajstić information content (AvgIpc) is 3.09. The van der Waals surface area contributed by atoms with Gasteiger partial charge >= 0.3 is 12.0 Å². The van der Waals surface area contributed by atoms with Crippen molar-refractivity contribution in [3.05, 3.63) is 11.1 Å². The Bertz CT molecular complexity index is 424. The van der Waals surface area contributed by atoms with Crippen molar-refractivity contribution in [2.45, 2.75) is 46.1 Å². The average molecular weight is 268 g/mol. The number of hydrogen-bond acceptors (Lipinski definition) is 3. The molecule has 3 amide bonds. The van der Waals surface area contributed by atoms with Crippen LogP contribution in [-0.4, -0.2) is 29.1 Å². The van der Waals surface area contributed by atoms with Gasteiger partial charge in [-0.3, -0.25) is 10.1 Å². The van der Waals surface area contributed by atoms with Crippen LogP contribution in [-0.2, 0) is 9.59 Å². The normalized spacial score (nSPS) is 17.2. The van der Waals surface area contributed by atoms with Crippen LogP contribution in [0.2, 0.25) is 0 Å². The minimum Gasteiger partial charge on any atom is -0.478 e. The lowest BCUT2D eigenvalue weighted by molar-refractivity contribution is -0.133. The summed E-state index contributed by atoms with van der Waals surface area (Å²) in [6.07, 6.45) is 3.31. The molecule has 1 atom stereocenters. The third-order valence-corrected chi connectivity index (χ3v) is 3.21. The van der Waals surface area contributed by atoms with Crippen molar-refractivity contribution in [1.29, 1.82) is 0 Å². The molecule has 6 heteroatoms. The second-order valence-corrected chi connectivity index (χ2v) is 5.06. The molecule has 1 unspecified atom stereocenters. The second kappa shape index (κ2) is 6.36. The number of carboxylic acid groups (broad SMARTS) is 1. The highest BCUT2D eigenvalue weighted by molar-refractivity contribution is 6.07. The summed E-state index contributed by atoms with van der Waals surface area (Å²) in [4.78, 5) is 33.9. The molecule has 1 rings (SSSR count). The minimum absolute atomic E-state index is 0.00477.